The molecule has 0 aliphatic rings. The number of aromatic nitrogens is 1. The molecule has 0 aliphatic heterocycles. The highest BCUT2D eigenvalue weighted by molar-refractivity contribution is 9.08. The van der Waals surface area contributed by atoms with Gasteiger partial charge in [-0.1, -0.05) is 15.9 Å². The Labute approximate surface area is 82.1 Å². The molecule has 0 spiro atoms. The monoisotopic (exact) mass is 249 g/mol. The fourth-order valence-electron chi connectivity index (χ4n) is 0.888. The Hall–Kier alpha value is -0.840. The summed E-state index contributed by atoms with van der Waals surface area (Å²) in [5, 5.41) is 0.490. The van der Waals surface area contributed by atoms with Crippen LogP contribution in [0.4, 0.5) is 8.78 Å². The third-order valence-electron chi connectivity index (χ3n) is 1.49. The number of carbonyl (C=O) groups excluding carboxylic acids is 1. The van der Waals surface area contributed by atoms with Gasteiger partial charge < -0.3 is 0 Å². The van der Waals surface area contributed by atoms with Crippen LogP contribution in [0.1, 0.15) is 28.0 Å². The van der Waals surface area contributed by atoms with Crippen molar-refractivity contribution < 1.29 is 13.6 Å². The molecule has 70 valence electrons. The molecule has 0 amide bonds. The maximum atomic E-state index is 12.2. The first-order valence-corrected chi connectivity index (χ1v) is 4.59. The van der Waals surface area contributed by atoms with Crippen molar-refractivity contribution in [3.05, 3.63) is 29.1 Å². The Balaban J connectivity index is 3.15. The number of hydrogen-bond acceptors (Lipinski definition) is 2. The first-order valence-electron chi connectivity index (χ1n) is 3.47. The van der Waals surface area contributed by atoms with Gasteiger partial charge >= 0.3 is 0 Å². The van der Waals surface area contributed by atoms with Gasteiger partial charge in [-0.15, -0.1) is 0 Å². The van der Waals surface area contributed by atoms with Gasteiger partial charge in [0.2, 0.25) is 0 Å². The summed E-state index contributed by atoms with van der Waals surface area (Å²) >= 11 is 3.14. The van der Waals surface area contributed by atoms with Gasteiger partial charge in [0.15, 0.2) is 6.29 Å². The molecule has 0 saturated carbocycles. The van der Waals surface area contributed by atoms with Crippen LogP contribution in [0.3, 0.4) is 0 Å². The third-order valence-corrected chi connectivity index (χ3v) is 2.14. The average Bonchev–Trinajstić information content (AvgIpc) is 2.16. The Bertz CT molecular complexity index is 317. The van der Waals surface area contributed by atoms with Gasteiger partial charge in [-0.05, 0) is 11.6 Å². The number of alkyl halides is 3. The summed E-state index contributed by atoms with van der Waals surface area (Å²) in [6, 6.07) is 1.40. The van der Waals surface area contributed by atoms with Crippen LogP contribution in [0.5, 0.6) is 0 Å². The molecule has 0 bridgehead atoms. The molecule has 0 fully saturated rings. The number of pyridine rings is 1. The van der Waals surface area contributed by atoms with Crippen molar-refractivity contribution in [1.29, 1.82) is 0 Å². The summed E-state index contributed by atoms with van der Waals surface area (Å²) in [6.07, 6.45) is -0.992. The number of rotatable bonds is 3. The second-order valence-electron chi connectivity index (χ2n) is 2.37. The Kier molecular flexibility index (Phi) is 3.48. The Morgan fingerprint density at radius 2 is 2.31 bits per heavy atom. The number of halogens is 3. The molecular weight excluding hydrogens is 244 g/mol. The van der Waals surface area contributed by atoms with E-state index in [4.69, 9.17) is 0 Å². The molecule has 0 unspecified atom stereocenters. The van der Waals surface area contributed by atoms with Gasteiger partial charge in [0, 0.05) is 17.1 Å². The lowest BCUT2D eigenvalue weighted by atomic mass is 10.1. The zero-order valence-electron chi connectivity index (χ0n) is 6.51. The van der Waals surface area contributed by atoms with Crippen molar-refractivity contribution in [3.8, 4) is 0 Å². The lowest BCUT2D eigenvalue weighted by Crippen LogP contribution is -1.98. The largest absolute Gasteiger partial charge is 0.298 e. The minimum atomic E-state index is -2.70. The molecule has 5 heteroatoms. The molecule has 0 aliphatic carbocycles. The van der Waals surface area contributed by atoms with Gasteiger partial charge in [-0.3, -0.25) is 9.78 Å². The van der Waals surface area contributed by atoms with Crippen LogP contribution in [0.25, 0.3) is 0 Å². The predicted octanol–water partition coefficient (Wildman–Crippen LogP) is 2.73. The summed E-state index contributed by atoms with van der Waals surface area (Å²) < 4.78 is 24.4. The van der Waals surface area contributed by atoms with E-state index >= 15 is 0 Å². The number of hydrogen-bond donors (Lipinski definition) is 0. The standard InChI is InChI=1S/C8H6BrF2NO/c9-2-5-1-6(4-13)7(8(10)11)12-3-5/h1,3-4,8H,2H2. The highest BCUT2D eigenvalue weighted by atomic mass is 79.9. The van der Waals surface area contributed by atoms with Crippen molar-refractivity contribution in [2.75, 3.05) is 0 Å². The van der Waals surface area contributed by atoms with E-state index in [9.17, 15) is 13.6 Å². The second-order valence-corrected chi connectivity index (χ2v) is 2.93. The fraction of sp³-hybridized carbons (Fsp3) is 0.250. The Morgan fingerprint density at radius 1 is 1.62 bits per heavy atom. The number of carbonyl (C=O) groups is 1. The first-order chi connectivity index (χ1) is 6.19. The summed E-state index contributed by atoms with van der Waals surface area (Å²) in [6.45, 7) is 0. The maximum absolute atomic E-state index is 12.2. The molecule has 1 rings (SSSR count). The molecule has 0 atom stereocenters. The molecule has 13 heavy (non-hydrogen) atoms. The van der Waals surface area contributed by atoms with Crippen LogP contribution < -0.4 is 0 Å². The van der Waals surface area contributed by atoms with Gasteiger partial charge in [-0.2, -0.15) is 0 Å². The van der Waals surface area contributed by atoms with Gasteiger partial charge in [0.25, 0.3) is 6.43 Å². The van der Waals surface area contributed by atoms with E-state index in [0.717, 1.165) is 0 Å². The summed E-state index contributed by atoms with van der Waals surface area (Å²) in [7, 11) is 0. The molecule has 1 aromatic rings. The normalized spacial score (nSPS) is 10.5. The smallest absolute Gasteiger partial charge is 0.281 e. The maximum Gasteiger partial charge on any atom is 0.281 e. The first kappa shape index (κ1) is 10.2. The van der Waals surface area contributed by atoms with E-state index in [2.05, 4.69) is 20.9 Å². The molecular formula is C8H6BrF2NO. The van der Waals surface area contributed by atoms with E-state index < -0.39 is 12.1 Å². The summed E-state index contributed by atoms with van der Waals surface area (Å²) in [5.41, 5.74) is 0.193. The van der Waals surface area contributed by atoms with E-state index in [1.54, 1.807) is 0 Å². The Morgan fingerprint density at radius 3 is 2.77 bits per heavy atom. The zero-order chi connectivity index (χ0) is 9.84. The van der Waals surface area contributed by atoms with Crippen molar-refractivity contribution in [2.45, 2.75) is 11.8 Å². The molecule has 2 nitrogen and oxygen atoms in total. The van der Waals surface area contributed by atoms with Crippen molar-refractivity contribution in [1.82, 2.24) is 4.98 Å². The lowest BCUT2D eigenvalue weighted by molar-refractivity contribution is 0.110. The molecule has 0 saturated heterocycles. The molecule has 0 radical (unpaired) electrons. The van der Waals surface area contributed by atoms with E-state index in [1.807, 2.05) is 0 Å². The summed E-state index contributed by atoms with van der Waals surface area (Å²) in [4.78, 5) is 13.9. The minimum absolute atomic E-state index is 0.0491. The van der Waals surface area contributed by atoms with Crippen molar-refractivity contribution >= 4 is 22.2 Å². The van der Waals surface area contributed by atoms with Crippen LogP contribution in [0.2, 0.25) is 0 Å². The van der Waals surface area contributed by atoms with E-state index in [1.165, 1.54) is 12.3 Å². The van der Waals surface area contributed by atoms with Crippen molar-refractivity contribution in [2.24, 2.45) is 0 Å². The fourth-order valence-corrected chi connectivity index (χ4v) is 1.19. The quantitative estimate of drug-likeness (QED) is 0.609. The molecule has 0 aromatic carbocycles. The molecule has 1 aromatic heterocycles. The number of nitrogens with zero attached hydrogens (tertiary/aromatic N) is 1. The number of aldehydes is 1. The average molecular weight is 250 g/mol. The van der Waals surface area contributed by atoms with Gasteiger partial charge in [0.1, 0.15) is 5.69 Å². The third kappa shape index (κ3) is 2.30. The van der Waals surface area contributed by atoms with Crippen LogP contribution in [0.15, 0.2) is 12.3 Å². The van der Waals surface area contributed by atoms with Crippen LogP contribution in [-0.4, -0.2) is 11.3 Å². The van der Waals surface area contributed by atoms with Crippen LogP contribution in [-0.2, 0) is 5.33 Å². The highest BCUT2D eigenvalue weighted by Crippen LogP contribution is 2.20. The van der Waals surface area contributed by atoms with Crippen molar-refractivity contribution in [3.63, 3.8) is 0 Å². The second kappa shape index (κ2) is 4.41. The zero-order valence-corrected chi connectivity index (χ0v) is 8.09. The van der Waals surface area contributed by atoms with Gasteiger partial charge in [-0.25, -0.2) is 8.78 Å². The van der Waals surface area contributed by atoms with Crippen LogP contribution in [0, 0.1) is 0 Å². The van der Waals surface area contributed by atoms with Crippen LogP contribution >= 0.6 is 15.9 Å². The predicted molar refractivity (Wildman–Crippen MR) is 47.2 cm³/mol. The molecule has 0 N–H and O–H groups in total. The highest BCUT2D eigenvalue weighted by Gasteiger charge is 2.14. The van der Waals surface area contributed by atoms with Gasteiger partial charge in [0.05, 0.1) is 0 Å². The molecule has 1 heterocycles. The minimum Gasteiger partial charge on any atom is -0.298 e. The van der Waals surface area contributed by atoms with E-state index in [0.29, 0.717) is 17.2 Å². The summed E-state index contributed by atoms with van der Waals surface area (Å²) in [5.74, 6) is 0. The lowest BCUT2D eigenvalue weighted by Gasteiger charge is -2.03. The van der Waals surface area contributed by atoms with E-state index in [-0.39, 0.29) is 5.56 Å². The topological polar surface area (TPSA) is 30.0 Å². The SMILES string of the molecule is O=Cc1cc(CBr)cnc1C(F)F.